The molecule has 0 aromatic carbocycles. The average molecular weight is 363 g/mol. The van der Waals surface area contributed by atoms with E-state index in [0.717, 1.165) is 0 Å². The lowest BCUT2D eigenvalue weighted by Crippen LogP contribution is -2.37. The first-order valence-corrected chi connectivity index (χ1v) is 8.06. The largest absolute Gasteiger partial charge is 0.382 e. The second kappa shape index (κ2) is 5.89. The minimum atomic E-state index is -1.32. The Morgan fingerprint density at radius 3 is 1.58 bits per heavy atom. The zero-order chi connectivity index (χ0) is 16.8. The summed E-state index contributed by atoms with van der Waals surface area (Å²) in [6, 6.07) is -0.660. The summed E-state index contributed by atoms with van der Waals surface area (Å²) in [6.07, 6.45) is 7.70. The summed E-state index contributed by atoms with van der Waals surface area (Å²) < 4.78 is 0. The lowest BCUT2D eigenvalue weighted by atomic mass is 10.1. The van der Waals surface area contributed by atoms with E-state index in [1.165, 1.54) is 0 Å². The van der Waals surface area contributed by atoms with Crippen molar-refractivity contribution in [2.75, 3.05) is 0 Å². The minimum Gasteiger partial charge on any atom is -0.382 e. The molecule has 0 fully saturated rings. The first kappa shape index (κ1) is 15.7. The number of aliphatic hydroxyl groups is 2. The molecule has 24 heavy (non-hydrogen) atoms. The lowest BCUT2D eigenvalue weighted by molar-refractivity contribution is 0.104. The standard InChI is InChI=1S/C16H12Cl2N4O2/c17-7-1-3-9-11(5-7)21-15(19-9)13(23)14(24)16-20-10-4-2-8(18)6-12(10)22-16/h1-6,11-14,23-24H. The third-order valence-electron chi connectivity index (χ3n) is 3.93. The predicted octanol–water partition coefficient (Wildman–Crippen LogP) is 1.54. The van der Waals surface area contributed by atoms with Gasteiger partial charge in [0.1, 0.15) is 24.3 Å². The van der Waals surface area contributed by atoms with Crippen LogP contribution in [0.3, 0.4) is 0 Å². The highest BCUT2D eigenvalue weighted by Gasteiger charge is 2.34. The zero-order valence-corrected chi connectivity index (χ0v) is 13.7. The van der Waals surface area contributed by atoms with Crippen LogP contribution in [0.5, 0.6) is 0 Å². The molecular formula is C16H12Cl2N4O2. The maximum atomic E-state index is 10.4. The highest BCUT2D eigenvalue weighted by atomic mass is 35.5. The van der Waals surface area contributed by atoms with Crippen LogP contribution in [-0.4, -0.2) is 57.6 Å². The molecule has 0 saturated heterocycles. The van der Waals surface area contributed by atoms with Crippen LogP contribution in [-0.2, 0) is 0 Å². The molecule has 2 aliphatic carbocycles. The van der Waals surface area contributed by atoms with Crippen molar-refractivity contribution < 1.29 is 10.2 Å². The van der Waals surface area contributed by atoms with E-state index >= 15 is 0 Å². The molecule has 0 spiro atoms. The van der Waals surface area contributed by atoms with Crippen molar-refractivity contribution in [3.63, 3.8) is 0 Å². The number of fused-ring (bicyclic) bond motifs is 2. The number of halogens is 2. The fraction of sp³-hybridized carbons (Fsp3) is 0.250. The van der Waals surface area contributed by atoms with E-state index < -0.39 is 12.2 Å². The molecule has 0 aromatic heterocycles. The van der Waals surface area contributed by atoms with Crippen molar-refractivity contribution >= 4 is 46.3 Å². The molecule has 0 amide bonds. The fourth-order valence-electron chi connectivity index (χ4n) is 2.70. The molecule has 0 aromatic rings. The van der Waals surface area contributed by atoms with Crippen molar-refractivity contribution in [1.82, 2.24) is 0 Å². The summed E-state index contributed by atoms with van der Waals surface area (Å²) in [7, 11) is 0. The quantitative estimate of drug-likeness (QED) is 0.797. The maximum absolute atomic E-state index is 10.4. The topological polar surface area (TPSA) is 89.9 Å². The van der Waals surface area contributed by atoms with Crippen LogP contribution in [0.25, 0.3) is 0 Å². The summed E-state index contributed by atoms with van der Waals surface area (Å²) in [4.78, 5) is 17.1. The third kappa shape index (κ3) is 2.71. The molecule has 8 heteroatoms. The average Bonchev–Trinajstić information content (AvgIpc) is 3.16. The number of rotatable bonds is 3. The van der Waals surface area contributed by atoms with Crippen LogP contribution in [0.2, 0.25) is 0 Å². The van der Waals surface area contributed by atoms with Gasteiger partial charge in [-0.1, -0.05) is 23.2 Å². The van der Waals surface area contributed by atoms with Gasteiger partial charge in [0.15, 0.2) is 11.7 Å². The van der Waals surface area contributed by atoms with Gasteiger partial charge in [0.25, 0.3) is 0 Å². The molecule has 122 valence electrons. The van der Waals surface area contributed by atoms with E-state index in [-0.39, 0.29) is 23.8 Å². The molecule has 0 radical (unpaired) electrons. The number of aliphatic imine (C=N–C) groups is 4. The number of nitrogens with zero attached hydrogens (tertiary/aromatic N) is 4. The van der Waals surface area contributed by atoms with Gasteiger partial charge >= 0.3 is 0 Å². The Labute approximate surface area is 147 Å². The van der Waals surface area contributed by atoms with E-state index in [2.05, 4.69) is 20.0 Å². The normalized spacial score (nSPS) is 29.7. The fourth-order valence-corrected chi connectivity index (χ4v) is 3.06. The summed E-state index contributed by atoms with van der Waals surface area (Å²) in [5, 5.41) is 21.9. The van der Waals surface area contributed by atoms with Gasteiger partial charge in [0.2, 0.25) is 0 Å². The summed E-state index contributed by atoms with van der Waals surface area (Å²) >= 11 is 11.9. The zero-order valence-electron chi connectivity index (χ0n) is 12.2. The molecule has 4 rings (SSSR count). The van der Waals surface area contributed by atoms with Crippen LogP contribution in [0.1, 0.15) is 0 Å². The molecular weight excluding hydrogens is 351 g/mol. The van der Waals surface area contributed by atoms with Gasteiger partial charge in [0, 0.05) is 10.1 Å². The first-order valence-electron chi connectivity index (χ1n) is 7.31. The number of hydrogen-bond donors (Lipinski definition) is 2. The second-order valence-corrected chi connectivity index (χ2v) is 6.47. The number of allylic oxidation sites excluding steroid dienone is 4. The number of aliphatic hydroxyl groups excluding tert-OH is 2. The van der Waals surface area contributed by atoms with Gasteiger partial charge in [-0.15, -0.1) is 0 Å². The molecule has 4 unspecified atom stereocenters. The molecule has 0 bridgehead atoms. The van der Waals surface area contributed by atoms with Gasteiger partial charge in [-0.3, -0.25) is 9.98 Å². The lowest BCUT2D eigenvalue weighted by Gasteiger charge is -2.14. The molecule has 2 heterocycles. The highest BCUT2D eigenvalue weighted by Crippen LogP contribution is 2.23. The Hall–Kier alpha value is -1.86. The SMILES string of the molecule is OC(C1=NC2C=C(Cl)C=CC2=N1)C(O)C1=NC2C=C(Cl)C=CC2=N1. The Morgan fingerprint density at radius 2 is 1.17 bits per heavy atom. The van der Waals surface area contributed by atoms with Crippen molar-refractivity contribution in [3.8, 4) is 0 Å². The predicted molar refractivity (Wildman–Crippen MR) is 95.5 cm³/mol. The van der Waals surface area contributed by atoms with Crippen molar-refractivity contribution in [2.24, 2.45) is 20.0 Å². The number of amidine groups is 2. The number of hydrogen-bond acceptors (Lipinski definition) is 6. The minimum absolute atomic E-state index is 0.136. The van der Waals surface area contributed by atoms with Crippen LogP contribution < -0.4 is 0 Å². The molecule has 4 atom stereocenters. The summed E-state index contributed by atoms with van der Waals surface area (Å²) in [5.41, 5.74) is 1.35. The van der Waals surface area contributed by atoms with Gasteiger partial charge in [0.05, 0.1) is 11.4 Å². The molecule has 4 aliphatic rings. The molecule has 0 saturated carbocycles. The van der Waals surface area contributed by atoms with E-state index in [9.17, 15) is 10.2 Å². The monoisotopic (exact) mass is 362 g/mol. The van der Waals surface area contributed by atoms with Crippen LogP contribution in [0.4, 0.5) is 0 Å². The van der Waals surface area contributed by atoms with E-state index in [0.29, 0.717) is 21.5 Å². The summed E-state index contributed by atoms with van der Waals surface area (Å²) in [5.74, 6) is 0.272. The summed E-state index contributed by atoms with van der Waals surface area (Å²) in [6.45, 7) is 0. The van der Waals surface area contributed by atoms with Gasteiger partial charge in [-0.25, -0.2) is 9.98 Å². The smallest absolute Gasteiger partial charge is 0.156 e. The van der Waals surface area contributed by atoms with Crippen molar-refractivity contribution in [1.29, 1.82) is 0 Å². The Morgan fingerprint density at radius 1 is 0.750 bits per heavy atom. The first-order chi connectivity index (χ1) is 11.5. The highest BCUT2D eigenvalue weighted by molar-refractivity contribution is 6.33. The third-order valence-corrected chi connectivity index (χ3v) is 4.43. The van der Waals surface area contributed by atoms with Gasteiger partial charge in [-0.05, 0) is 36.5 Å². The van der Waals surface area contributed by atoms with E-state index in [1.54, 1.807) is 36.5 Å². The molecule has 2 N–H and O–H groups in total. The van der Waals surface area contributed by atoms with Crippen LogP contribution >= 0.6 is 23.2 Å². The Kier molecular flexibility index (Phi) is 3.85. The van der Waals surface area contributed by atoms with Crippen LogP contribution in [0, 0.1) is 0 Å². The Bertz CT molecular complexity index is 778. The van der Waals surface area contributed by atoms with Crippen molar-refractivity contribution in [2.45, 2.75) is 24.3 Å². The van der Waals surface area contributed by atoms with Gasteiger partial charge < -0.3 is 10.2 Å². The molecule has 2 aliphatic heterocycles. The van der Waals surface area contributed by atoms with E-state index in [1.807, 2.05) is 0 Å². The van der Waals surface area contributed by atoms with Crippen LogP contribution in [0.15, 0.2) is 66.5 Å². The van der Waals surface area contributed by atoms with Gasteiger partial charge in [-0.2, -0.15) is 0 Å². The maximum Gasteiger partial charge on any atom is 0.156 e. The Balaban J connectivity index is 1.55. The second-order valence-electron chi connectivity index (χ2n) is 5.60. The van der Waals surface area contributed by atoms with Crippen molar-refractivity contribution in [3.05, 3.63) is 46.5 Å². The van der Waals surface area contributed by atoms with E-state index in [4.69, 9.17) is 23.2 Å². The molecule has 6 nitrogen and oxygen atoms in total.